The van der Waals surface area contributed by atoms with Gasteiger partial charge in [-0.15, -0.1) is 5.10 Å². The van der Waals surface area contributed by atoms with Gasteiger partial charge in [-0.05, 0) is 23.8 Å². The van der Waals surface area contributed by atoms with Gasteiger partial charge in [0, 0.05) is 5.56 Å². The van der Waals surface area contributed by atoms with E-state index in [0.717, 1.165) is 12.1 Å². The predicted octanol–water partition coefficient (Wildman–Crippen LogP) is 3.55. The number of alkyl halides is 3. The minimum Gasteiger partial charge on any atom is -0.487 e. The Kier molecular flexibility index (Phi) is 5.87. The molecule has 0 aliphatic carbocycles. The molecule has 0 bridgehead atoms. The van der Waals surface area contributed by atoms with Crippen molar-refractivity contribution in [3.8, 4) is 5.75 Å². The molecular weight excluding hydrogens is 357 g/mol. The minimum atomic E-state index is -4.41. The molecule has 25 heavy (non-hydrogen) atoms. The molecule has 0 aliphatic rings. The summed E-state index contributed by atoms with van der Waals surface area (Å²) in [6.45, 7) is -0.0713. The average Bonchev–Trinajstić information content (AvgIpc) is 2.54. The lowest BCUT2D eigenvalue weighted by atomic mass is 10.1. The fourth-order valence-corrected chi connectivity index (χ4v) is 2.12. The highest BCUT2D eigenvalue weighted by Crippen LogP contribution is 2.31. The van der Waals surface area contributed by atoms with Gasteiger partial charge in [-0.3, -0.25) is 0 Å². The van der Waals surface area contributed by atoms with Crippen molar-refractivity contribution < 1.29 is 17.9 Å². The van der Waals surface area contributed by atoms with Gasteiger partial charge in [0.05, 0.1) is 16.8 Å². The van der Waals surface area contributed by atoms with Crippen LogP contribution in [0.1, 0.15) is 16.7 Å². The first-order valence-electron chi connectivity index (χ1n) is 6.97. The number of benzene rings is 2. The number of guanidine groups is 1. The largest absolute Gasteiger partial charge is 0.487 e. The van der Waals surface area contributed by atoms with Gasteiger partial charge in [0.15, 0.2) is 0 Å². The number of nitrogens with zero attached hydrogens (tertiary/aromatic N) is 2. The summed E-state index contributed by atoms with van der Waals surface area (Å²) < 4.78 is 43.7. The molecule has 0 spiro atoms. The van der Waals surface area contributed by atoms with Crippen LogP contribution in [0.4, 0.5) is 13.2 Å². The Morgan fingerprint density at radius 2 is 1.88 bits per heavy atom. The highest BCUT2D eigenvalue weighted by atomic mass is 35.5. The SMILES string of the molecule is NC(N)=NN=Cc1cccc(OCc2cccc(C(F)(F)F)c2)c1Cl. The maximum Gasteiger partial charge on any atom is 0.416 e. The highest BCUT2D eigenvalue weighted by Gasteiger charge is 2.30. The monoisotopic (exact) mass is 370 g/mol. The zero-order chi connectivity index (χ0) is 18.4. The Morgan fingerprint density at radius 3 is 2.56 bits per heavy atom. The van der Waals surface area contributed by atoms with Crippen LogP contribution >= 0.6 is 11.6 Å². The number of hydrogen-bond acceptors (Lipinski definition) is 3. The first-order chi connectivity index (χ1) is 11.8. The van der Waals surface area contributed by atoms with Crippen molar-refractivity contribution >= 4 is 23.8 Å². The number of nitrogens with two attached hydrogens (primary N) is 2. The van der Waals surface area contributed by atoms with E-state index in [1.807, 2.05) is 0 Å². The standard InChI is InChI=1S/C16H14ClF3N4O/c17-14-11(8-23-24-15(21)22)4-2-6-13(14)25-9-10-3-1-5-12(7-10)16(18,19)20/h1-8H,9H2,(H4,21,22,24). The first-order valence-corrected chi connectivity index (χ1v) is 7.34. The van der Waals surface area contributed by atoms with E-state index in [2.05, 4.69) is 10.2 Å². The third-order valence-electron chi connectivity index (χ3n) is 3.01. The van der Waals surface area contributed by atoms with Gasteiger partial charge in [0.25, 0.3) is 0 Å². The molecule has 0 amide bonds. The summed E-state index contributed by atoms with van der Waals surface area (Å²) in [7, 11) is 0. The molecule has 9 heteroatoms. The van der Waals surface area contributed by atoms with E-state index in [1.165, 1.54) is 18.3 Å². The number of hydrogen-bond donors (Lipinski definition) is 2. The molecule has 2 aromatic carbocycles. The fourth-order valence-electron chi connectivity index (χ4n) is 1.90. The highest BCUT2D eigenvalue weighted by molar-refractivity contribution is 6.34. The fraction of sp³-hybridized carbons (Fsp3) is 0.125. The van der Waals surface area contributed by atoms with E-state index in [4.69, 9.17) is 27.8 Å². The summed E-state index contributed by atoms with van der Waals surface area (Å²) in [4.78, 5) is 0. The number of ether oxygens (including phenoxy) is 1. The van der Waals surface area contributed by atoms with Crippen LogP contribution in [-0.2, 0) is 12.8 Å². The van der Waals surface area contributed by atoms with Gasteiger partial charge in [0.1, 0.15) is 12.4 Å². The Balaban J connectivity index is 2.14. The predicted molar refractivity (Wildman–Crippen MR) is 90.6 cm³/mol. The molecule has 2 rings (SSSR count). The summed E-state index contributed by atoms with van der Waals surface area (Å²) in [6, 6.07) is 9.78. The molecule has 2 aromatic rings. The van der Waals surface area contributed by atoms with Crippen molar-refractivity contribution in [2.75, 3.05) is 0 Å². The van der Waals surface area contributed by atoms with E-state index in [1.54, 1.807) is 18.2 Å². The summed E-state index contributed by atoms with van der Waals surface area (Å²) in [6.07, 6.45) is -3.07. The van der Waals surface area contributed by atoms with Gasteiger partial charge in [-0.25, -0.2) is 0 Å². The van der Waals surface area contributed by atoms with Crippen LogP contribution < -0.4 is 16.2 Å². The quantitative estimate of drug-likeness (QED) is 0.479. The second-order valence-electron chi connectivity index (χ2n) is 4.92. The molecule has 0 saturated heterocycles. The van der Waals surface area contributed by atoms with Crippen LogP contribution in [-0.4, -0.2) is 12.2 Å². The smallest absolute Gasteiger partial charge is 0.416 e. The van der Waals surface area contributed by atoms with Crippen LogP contribution in [0.5, 0.6) is 5.75 Å². The minimum absolute atomic E-state index is 0.0713. The number of rotatable bonds is 5. The molecule has 0 aliphatic heterocycles. The van der Waals surface area contributed by atoms with Gasteiger partial charge in [0.2, 0.25) is 5.96 Å². The van der Waals surface area contributed by atoms with Crippen LogP contribution in [0, 0.1) is 0 Å². The molecule has 132 valence electrons. The zero-order valence-corrected chi connectivity index (χ0v) is 13.6. The lowest BCUT2D eigenvalue weighted by Crippen LogP contribution is -2.21. The van der Waals surface area contributed by atoms with E-state index in [0.29, 0.717) is 16.9 Å². The maximum absolute atomic E-state index is 12.7. The van der Waals surface area contributed by atoms with Crippen molar-refractivity contribution in [2.24, 2.45) is 21.7 Å². The lowest BCUT2D eigenvalue weighted by Gasteiger charge is -2.11. The molecule has 0 fully saturated rings. The Hall–Kier alpha value is -2.74. The second kappa shape index (κ2) is 7.89. The van der Waals surface area contributed by atoms with E-state index in [-0.39, 0.29) is 17.6 Å². The molecule has 0 saturated carbocycles. The van der Waals surface area contributed by atoms with Crippen LogP contribution in [0.3, 0.4) is 0 Å². The van der Waals surface area contributed by atoms with E-state index >= 15 is 0 Å². The number of halogens is 4. The van der Waals surface area contributed by atoms with Crippen molar-refractivity contribution in [3.63, 3.8) is 0 Å². The molecule has 4 N–H and O–H groups in total. The summed E-state index contributed by atoms with van der Waals surface area (Å²) >= 11 is 6.19. The van der Waals surface area contributed by atoms with Crippen molar-refractivity contribution in [3.05, 3.63) is 64.2 Å². The van der Waals surface area contributed by atoms with Crippen LogP contribution in [0.2, 0.25) is 5.02 Å². The normalized spacial score (nSPS) is 11.5. The van der Waals surface area contributed by atoms with Crippen LogP contribution in [0.15, 0.2) is 52.7 Å². The molecule has 0 aromatic heterocycles. The van der Waals surface area contributed by atoms with Gasteiger partial charge in [-0.2, -0.15) is 18.3 Å². The molecule has 0 heterocycles. The Labute approximate surface area is 146 Å². The van der Waals surface area contributed by atoms with Crippen LogP contribution in [0.25, 0.3) is 0 Å². The molecule has 0 radical (unpaired) electrons. The summed E-state index contributed by atoms with van der Waals surface area (Å²) in [5, 5.41) is 7.34. The summed E-state index contributed by atoms with van der Waals surface area (Å²) in [5.74, 6) is 0.0945. The third-order valence-corrected chi connectivity index (χ3v) is 3.42. The molecular formula is C16H14ClF3N4O. The van der Waals surface area contributed by atoms with Crippen molar-refractivity contribution in [1.82, 2.24) is 0 Å². The second-order valence-corrected chi connectivity index (χ2v) is 5.29. The maximum atomic E-state index is 12.7. The van der Waals surface area contributed by atoms with Gasteiger partial charge in [-0.1, -0.05) is 35.9 Å². The molecule has 0 unspecified atom stereocenters. The van der Waals surface area contributed by atoms with E-state index < -0.39 is 11.7 Å². The van der Waals surface area contributed by atoms with E-state index in [9.17, 15) is 13.2 Å². The average molecular weight is 371 g/mol. The molecule has 5 nitrogen and oxygen atoms in total. The molecule has 0 atom stereocenters. The zero-order valence-electron chi connectivity index (χ0n) is 12.8. The third kappa shape index (κ3) is 5.39. The first kappa shape index (κ1) is 18.6. The van der Waals surface area contributed by atoms with Crippen molar-refractivity contribution in [1.29, 1.82) is 0 Å². The van der Waals surface area contributed by atoms with Gasteiger partial charge >= 0.3 is 6.18 Å². The topological polar surface area (TPSA) is 86.0 Å². The summed E-state index contributed by atoms with van der Waals surface area (Å²) in [5.41, 5.74) is 10.4. The van der Waals surface area contributed by atoms with Gasteiger partial charge < -0.3 is 16.2 Å². The Bertz CT molecular complexity index is 802. The van der Waals surface area contributed by atoms with Crippen molar-refractivity contribution in [2.45, 2.75) is 12.8 Å². The lowest BCUT2D eigenvalue weighted by molar-refractivity contribution is -0.137. The Morgan fingerprint density at radius 1 is 1.16 bits per heavy atom.